The Morgan fingerprint density at radius 3 is 1.46 bits per heavy atom. The van der Waals surface area contributed by atoms with Crippen molar-refractivity contribution in [1.82, 2.24) is 0 Å². The van der Waals surface area contributed by atoms with Crippen LogP contribution in [-0.2, 0) is 9.53 Å². The van der Waals surface area contributed by atoms with Gasteiger partial charge in [-0.2, -0.15) is 0 Å². The molecule has 6 heteroatoms. The van der Waals surface area contributed by atoms with Crippen LogP contribution in [0.25, 0.3) is 0 Å². The van der Waals surface area contributed by atoms with Gasteiger partial charge in [0, 0.05) is 0 Å². The topological polar surface area (TPSA) is 26.3 Å². The van der Waals surface area contributed by atoms with Crippen LogP contribution in [0.2, 0.25) is 0 Å². The largest absolute Gasteiger partial charge is 0.464 e. The van der Waals surface area contributed by atoms with Crippen molar-refractivity contribution < 1.29 is 9.53 Å². The molecule has 0 amide bonds. The highest BCUT2D eigenvalue weighted by molar-refractivity contribution is 9.30. The SMILES string of the molecule is CCCCCCCCCCCCCCCC(Br)(Br)C(Br)(Br)C(=O)OCC. The Hall–Kier alpha value is 1.39. The molecule has 0 aliphatic rings. The molecule has 156 valence electrons. The molecule has 0 aromatic carbocycles. The fourth-order valence-electron chi connectivity index (χ4n) is 2.89. The molecule has 0 unspecified atom stereocenters. The lowest BCUT2D eigenvalue weighted by atomic mass is 10.0. The van der Waals surface area contributed by atoms with Crippen LogP contribution in [0.3, 0.4) is 0 Å². The van der Waals surface area contributed by atoms with Crippen LogP contribution in [0.4, 0.5) is 0 Å². The summed E-state index contributed by atoms with van der Waals surface area (Å²) in [4.78, 5) is 12.1. The normalized spacial score (nSPS) is 12.4. The monoisotopic (exact) mass is 624 g/mol. The van der Waals surface area contributed by atoms with Crippen LogP contribution >= 0.6 is 63.7 Å². The van der Waals surface area contributed by atoms with Gasteiger partial charge in [0.25, 0.3) is 0 Å². The highest BCUT2D eigenvalue weighted by Gasteiger charge is 2.51. The second-order valence-electron chi connectivity index (χ2n) is 6.99. The molecule has 0 aliphatic heterocycles. The summed E-state index contributed by atoms with van der Waals surface area (Å²) in [5.41, 5.74) is 0. The number of hydrogen-bond donors (Lipinski definition) is 0. The maximum Gasteiger partial charge on any atom is 0.336 e. The van der Waals surface area contributed by atoms with E-state index in [9.17, 15) is 4.79 Å². The molecule has 0 aromatic heterocycles. The molecule has 0 aromatic rings. The van der Waals surface area contributed by atoms with E-state index in [0.29, 0.717) is 6.61 Å². The van der Waals surface area contributed by atoms with Gasteiger partial charge >= 0.3 is 5.97 Å². The van der Waals surface area contributed by atoms with Gasteiger partial charge in [0.05, 0.1) is 6.61 Å². The zero-order valence-corrected chi connectivity index (χ0v) is 22.8. The van der Waals surface area contributed by atoms with E-state index in [-0.39, 0.29) is 5.97 Å². The summed E-state index contributed by atoms with van der Waals surface area (Å²) in [5.74, 6) is -0.316. The van der Waals surface area contributed by atoms with Gasteiger partial charge in [0.1, 0.15) is 3.23 Å². The molecule has 0 heterocycles. The lowest BCUT2D eigenvalue weighted by Crippen LogP contribution is -2.42. The van der Waals surface area contributed by atoms with Gasteiger partial charge in [-0.25, -0.2) is 4.79 Å². The standard InChI is InChI=1S/C20H36Br4O2/c1-3-5-6-7-8-9-10-11-12-13-14-15-16-17-19(21,22)20(23,24)18(25)26-4-2/h3-17H2,1-2H3. The van der Waals surface area contributed by atoms with Crippen molar-refractivity contribution in [2.75, 3.05) is 6.61 Å². The maximum atomic E-state index is 12.1. The van der Waals surface area contributed by atoms with Crippen molar-refractivity contribution in [2.45, 2.75) is 110 Å². The smallest absolute Gasteiger partial charge is 0.336 e. The number of esters is 1. The predicted octanol–water partition coefficient (Wildman–Crippen LogP) is 9.00. The minimum absolute atomic E-state index is 0.316. The van der Waals surface area contributed by atoms with Gasteiger partial charge in [-0.05, 0) is 13.3 Å². The van der Waals surface area contributed by atoms with E-state index in [4.69, 9.17) is 4.74 Å². The third-order valence-corrected chi connectivity index (χ3v) is 10.7. The molecule has 26 heavy (non-hydrogen) atoms. The van der Waals surface area contributed by atoms with Crippen molar-refractivity contribution >= 4 is 69.7 Å². The number of rotatable bonds is 17. The van der Waals surface area contributed by atoms with E-state index < -0.39 is 6.47 Å². The summed E-state index contributed by atoms with van der Waals surface area (Å²) >= 11 is 14.2. The van der Waals surface area contributed by atoms with Gasteiger partial charge in [0.15, 0.2) is 0 Å². The number of carbonyl (C=O) groups excluding carboxylic acids is 1. The second-order valence-corrected chi connectivity index (χ2v) is 14.2. The summed E-state index contributed by atoms with van der Waals surface area (Å²) in [7, 11) is 0. The van der Waals surface area contributed by atoms with Crippen molar-refractivity contribution in [3.63, 3.8) is 0 Å². The van der Waals surface area contributed by atoms with Gasteiger partial charge in [-0.3, -0.25) is 0 Å². The maximum absolute atomic E-state index is 12.1. The van der Waals surface area contributed by atoms with Crippen molar-refractivity contribution in [3.8, 4) is 0 Å². The highest BCUT2D eigenvalue weighted by atomic mass is 79.9. The Balaban J connectivity index is 3.66. The van der Waals surface area contributed by atoms with Crippen LogP contribution in [0.1, 0.15) is 104 Å². The quantitative estimate of drug-likeness (QED) is 0.0914. The van der Waals surface area contributed by atoms with Crippen LogP contribution in [0.15, 0.2) is 0 Å². The number of carbonyl (C=O) groups is 1. The Kier molecular flexibility index (Phi) is 17.1. The third kappa shape index (κ3) is 12.1. The first-order chi connectivity index (χ1) is 12.3. The molecule has 0 atom stereocenters. The Morgan fingerprint density at radius 1 is 0.692 bits per heavy atom. The average molecular weight is 628 g/mol. The summed E-state index contributed by atoms with van der Waals surface area (Å²) < 4.78 is 3.60. The molecule has 0 bridgehead atoms. The Morgan fingerprint density at radius 2 is 1.08 bits per heavy atom. The molecular formula is C20H36Br4O2. The third-order valence-electron chi connectivity index (χ3n) is 4.59. The lowest BCUT2D eigenvalue weighted by Gasteiger charge is -2.32. The molecule has 0 aliphatic carbocycles. The minimum Gasteiger partial charge on any atom is -0.464 e. The van der Waals surface area contributed by atoms with Crippen molar-refractivity contribution in [3.05, 3.63) is 0 Å². The predicted molar refractivity (Wildman–Crippen MR) is 128 cm³/mol. The first-order valence-corrected chi connectivity index (χ1v) is 13.4. The fraction of sp³-hybridized carbons (Fsp3) is 0.950. The zero-order valence-electron chi connectivity index (χ0n) is 16.4. The lowest BCUT2D eigenvalue weighted by molar-refractivity contribution is -0.143. The summed E-state index contributed by atoms with van der Waals surface area (Å²) in [6, 6.07) is 0. The van der Waals surface area contributed by atoms with Crippen LogP contribution in [0, 0.1) is 0 Å². The molecule has 0 radical (unpaired) electrons. The molecule has 0 fully saturated rings. The molecule has 0 N–H and O–H groups in total. The van der Waals surface area contributed by atoms with Gasteiger partial charge in [-0.1, -0.05) is 154 Å². The summed E-state index contributed by atoms with van der Waals surface area (Å²) in [6.07, 6.45) is 18.2. The molecule has 0 saturated carbocycles. The summed E-state index contributed by atoms with van der Waals surface area (Å²) in [5, 5.41) is 0. The Bertz CT molecular complexity index is 360. The number of hydrogen-bond acceptors (Lipinski definition) is 2. The zero-order chi connectivity index (χ0) is 19.9. The minimum atomic E-state index is -0.958. The van der Waals surface area contributed by atoms with E-state index in [1.54, 1.807) is 0 Å². The van der Waals surface area contributed by atoms with Crippen LogP contribution in [-0.4, -0.2) is 19.0 Å². The molecular weight excluding hydrogens is 592 g/mol. The first kappa shape index (κ1) is 27.4. The number of unbranched alkanes of at least 4 members (excludes halogenated alkanes) is 12. The average Bonchev–Trinajstić information content (AvgIpc) is 2.59. The number of ether oxygens (including phenoxy) is 1. The van der Waals surface area contributed by atoms with Gasteiger partial charge in [0.2, 0.25) is 3.23 Å². The van der Waals surface area contributed by atoms with E-state index in [2.05, 4.69) is 70.6 Å². The highest BCUT2D eigenvalue weighted by Crippen LogP contribution is 2.52. The van der Waals surface area contributed by atoms with Crippen molar-refractivity contribution in [2.24, 2.45) is 0 Å². The van der Waals surface area contributed by atoms with E-state index in [1.807, 2.05) is 6.92 Å². The van der Waals surface area contributed by atoms with E-state index in [1.165, 1.54) is 77.0 Å². The Labute approximate surface area is 194 Å². The molecule has 0 rings (SSSR count). The summed E-state index contributed by atoms with van der Waals surface area (Å²) in [6.45, 7) is 4.45. The van der Waals surface area contributed by atoms with Crippen LogP contribution in [0.5, 0.6) is 0 Å². The van der Waals surface area contributed by atoms with Gasteiger partial charge in [-0.15, -0.1) is 0 Å². The molecule has 2 nitrogen and oxygen atoms in total. The van der Waals surface area contributed by atoms with E-state index >= 15 is 0 Å². The molecule has 0 spiro atoms. The van der Waals surface area contributed by atoms with Crippen molar-refractivity contribution in [1.29, 1.82) is 0 Å². The fourth-order valence-corrected chi connectivity index (χ4v) is 4.40. The molecule has 0 saturated heterocycles. The van der Waals surface area contributed by atoms with Gasteiger partial charge < -0.3 is 4.74 Å². The number of alkyl halides is 4. The van der Waals surface area contributed by atoms with E-state index in [0.717, 1.165) is 12.8 Å². The first-order valence-electron chi connectivity index (χ1n) is 10.2. The second kappa shape index (κ2) is 16.2. The number of halogens is 4. The van der Waals surface area contributed by atoms with Crippen LogP contribution < -0.4 is 0 Å².